The highest BCUT2D eigenvalue weighted by Gasteiger charge is 2.14. The lowest BCUT2D eigenvalue weighted by molar-refractivity contribution is 0.0993. The minimum Gasteiger partial charge on any atom is -0.389 e. The second-order valence-corrected chi connectivity index (χ2v) is 5.59. The largest absolute Gasteiger partial charge is 0.389 e. The number of halogens is 1. The number of carbonyl (C=O) groups excluding carboxylic acids is 1. The van der Waals surface area contributed by atoms with Gasteiger partial charge in [0.05, 0.1) is 0 Å². The number of amides is 1. The molecule has 0 bridgehead atoms. The zero-order valence-electron chi connectivity index (χ0n) is 11.8. The van der Waals surface area contributed by atoms with Crippen LogP contribution in [0.3, 0.4) is 0 Å². The predicted octanol–water partition coefficient (Wildman–Crippen LogP) is 3.56. The molecule has 5 heteroatoms. The molecule has 2 aromatic rings. The zero-order valence-corrected chi connectivity index (χ0v) is 13.3. The van der Waals surface area contributed by atoms with Crippen LogP contribution in [0, 0.1) is 6.92 Å². The first-order chi connectivity index (χ1) is 9.90. The predicted molar refractivity (Wildman–Crippen MR) is 91.3 cm³/mol. The normalized spacial score (nSPS) is 10.2. The van der Waals surface area contributed by atoms with Crippen molar-refractivity contribution >= 4 is 40.4 Å². The Hall–Kier alpha value is -1.91. The second kappa shape index (κ2) is 6.24. The first-order valence-electron chi connectivity index (χ1n) is 6.34. The van der Waals surface area contributed by atoms with E-state index in [1.54, 1.807) is 36.2 Å². The Balaban J connectivity index is 2.25. The molecule has 0 heterocycles. The van der Waals surface area contributed by atoms with Crippen molar-refractivity contribution in [1.82, 2.24) is 0 Å². The molecule has 0 aromatic heterocycles. The van der Waals surface area contributed by atoms with Crippen LogP contribution in [0.25, 0.3) is 0 Å². The van der Waals surface area contributed by atoms with Crippen LogP contribution in [-0.4, -0.2) is 17.9 Å². The number of anilines is 1. The third kappa shape index (κ3) is 3.40. The SMILES string of the molecule is Cc1ccc(C(=O)N(C)c2ccc(C(N)=S)cc2)cc1Cl. The summed E-state index contributed by atoms with van der Waals surface area (Å²) in [5.74, 6) is -0.125. The molecule has 2 rings (SSSR count). The molecule has 108 valence electrons. The van der Waals surface area contributed by atoms with E-state index in [1.807, 2.05) is 25.1 Å². The number of nitrogens with zero attached hydrogens (tertiary/aromatic N) is 1. The lowest BCUT2D eigenvalue weighted by Gasteiger charge is -2.18. The molecule has 0 spiro atoms. The number of nitrogens with two attached hydrogens (primary N) is 1. The van der Waals surface area contributed by atoms with E-state index in [2.05, 4.69) is 0 Å². The van der Waals surface area contributed by atoms with Crippen LogP contribution in [0.5, 0.6) is 0 Å². The van der Waals surface area contributed by atoms with Gasteiger partial charge in [0.1, 0.15) is 4.99 Å². The fraction of sp³-hybridized carbons (Fsp3) is 0.125. The van der Waals surface area contributed by atoms with Crippen LogP contribution >= 0.6 is 23.8 Å². The highest BCUT2D eigenvalue weighted by Crippen LogP contribution is 2.20. The van der Waals surface area contributed by atoms with Crippen molar-refractivity contribution in [2.45, 2.75) is 6.92 Å². The number of thiocarbonyl (C=S) groups is 1. The molecule has 0 aliphatic rings. The van der Waals surface area contributed by atoms with Crippen molar-refractivity contribution in [2.24, 2.45) is 5.73 Å². The summed E-state index contributed by atoms with van der Waals surface area (Å²) in [6.45, 7) is 1.90. The highest BCUT2D eigenvalue weighted by molar-refractivity contribution is 7.80. The van der Waals surface area contributed by atoms with Gasteiger partial charge in [0.15, 0.2) is 0 Å². The number of hydrogen-bond donors (Lipinski definition) is 1. The van der Waals surface area contributed by atoms with Gasteiger partial charge in [-0.2, -0.15) is 0 Å². The molecular weight excluding hydrogens is 304 g/mol. The van der Waals surface area contributed by atoms with E-state index in [4.69, 9.17) is 29.6 Å². The van der Waals surface area contributed by atoms with Crippen molar-refractivity contribution in [3.8, 4) is 0 Å². The maximum absolute atomic E-state index is 12.4. The monoisotopic (exact) mass is 318 g/mol. The third-order valence-corrected chi connectivity index (χ3v) is 3.91. The summed E-state index contributed by atoms with van der Waals surface area (Å²) >= 11 is 11.0. The Labute approximate surface area is 134 Å². The second-order valence-electron chi connectivity index (χ2n) is 4.74. The third-order valence-electron chi connectivity index (χ3n) is 3.26. The highest BCUT2D eigenvalue weighted by atomic mass is 35.5. The van der Waals surface area contributed by atoms with Crippen LogP contribution < -0.4 is 10.6 Å². The number of rotatable bonds is 3. The van der Waals surface area contributed by atoms with Crippen LogP contribution in [0.2, 0.25) is 5.02 Å². The molecule has 3 nitrogen and oxygen atoms in total. The quantitative estimate of drug-likeness (QED) is 0.880. The van der Waals surface area contributed by atoms with Gasteiger partial charge in [-0.1, -0.05) is 29.9 Å². The Bertz CT molecular complexity index is 698. The first-order valence-corrected chi connectivity index (χ1v) is 7.13. The molecule has 2 N–H and O–H groups in total. The van der Waals surface area contributed by atoms with E-state index in [0.717, 1.165) is 16.8 Å². The fourth-order valence-electron chi connectivity index (χ4n) is 1.89. The summed E-state index contributed by atoms with van der Waals surface area (Å²) in [5, 5.41) is 0.582. The van der Waals surface area contributed by atoms with E-state index in [9.17, 15) is 4.79 Å². The minimum atomic E-state index is -0.125. The summed E-state index contributed by atoms with van der Waals surface area (Å²) < 4.78 is 0. The lowest BCUT2D eigenvalue weighted by atomic mass is 10.1. The zero-order chi connectivity index (χ0) is 15.6. The molecular formula is C16H15ClN2OS. The van der Waals surface area contributed by atoms with Gasteiger partial charge >= 0.3 is 0 Å². The Morgan fingerprint density at radius 3 is 2.24 bits per heavy atom. The van der Waals surface area contributed by atoms with Crippen LogP contribution in [0.1, 0.15) is 21.5 Å². The van der Waals surface area contributed by atoms with E-state index < -0.39 is 0 Å². The van der Waals surface area contributed by atoms with Gasteiger partial charge in [0.2, 0.25) is 0 Å². The maximum Gasteiger partial charge on any atom is 0.258 e. The average Bonchev–Trinajstić information content (AvgIpc) is 2.48. The average molecular weight is 319 g/mol. The van der Waals surface area contributed by atoms with Crippen molar-refractivity contribution in [3.05, 3.63) is 64.2 Å². The Morgan fingerprint density at radius 1 is 1.14 bits per heavy atom. The summed E-state index contributed by atoms with van der Waals surface area (Å²) in [4.78, 5) is 14.3. The molecule has 1 amide bonds. The van der Waals surface area contributed by atoms with Gasteiger partial charge in [-0.3, -0.25) is 4.79 Å². The smallest absolute Gasteiger partial charge is 0.258 e. The van der Waals surface area contributed by atoms with Gasteiger partial charge in [-0.25, -0.2) is 0 Å². The lowest BCUT2D eigenvalue weighted by Crippen LogP contribution is -2.26. The van der Waals surface area contributed by atoms with Gasteiger partial charge in [-0.05, 0) is 48.9 Å². The molecule has 0 unspecified atom stereocenters. The first kappa shape index (κ1) is 15.5. The molecule has 0 saturated heterocycles. The number of benzene rings is 2. The van der Waals surface area contributed by atoms with Gasteiger partial charge < -0.3 is 10.6 Å². The topological polar surface area (TPSA) is 46.3 Å². The fourth-order valence-corrected chi connectivity index (χ4v) is 2.20. The molecule has 0 saturated carbocycles. The minimum absolute atomic E-state index is 0.125. The molecule has 0 fully saturated rings. The van der Waals surface area contributed by atoms with Crippen molar-refractivity contribution in [1.29, 1.82) is 0 Å². The molecule has 0 aliphatic heterocycles. The van der Waals surface area contributed by atoms with Crippen molar-refractivity contribution < 1.29 is 4.79 Å². The van der Waals surface area contributed by atoms with Gasteiger partial charge in [0.25, 0.3) is 5.91 Å². The molecule has 0 aliphatic carbocycles. The van der Waals surface area contributed by atoms with E-state index in [0.29, 0.717) is 15.6 Å². The van der Waals surface area contributed by atoms with E-state index >= 15 is 0 Å². The molecule has 2 aromatic carbocycles. The standard InChI is InChI=1S/C16H15ClN2OS/c1-10-3-4-12(9-14(10)17)16(20)19(2)13-7-5-11(6-8-13)15(18)21/h3-9H,1-2H3,(H2,18,21). The van der Waals surface area contributed by atoms with Crippen LogP contribution in [0.4, 0.5) is 5.69 Å². The Morgan fingerprint density at radius 2 is 1.71 bits per heavy atom. The van der Waals surface area contributed by atoms with Crippen LogP contribution in [0.15, 0.2) is 42.5 Å². The van der Waals surface area contributed by atoms with E-state index in [-0.39, 0.29) is 5.91 Å². The maximum atomic E-state index is 12.4. The van der Waals surface area contributed by atoms with Crippen molar-refractivity contribution in [2.75, 3.05) is 11.9 Å². The van der Waals surface area contributed by atoms with Crippen molar-refractivity contribution in [3.63, 3.8) is 0 Å². The number of carbonyl (C=O) groups is 1. The van der Waals surface area contributed by atoms with Crippen LogP contribution in [-0.2, 0) is 0 Å². The van der Waals surface area contributed by atoms with Gasteiger partial charge in [-0.15, -0.1) is 0 Å². The summed E-state index contributed by atoms with van der Waals surface area (Å²) in [5.41, 5.74) is 8.58. The summed E-state index contributed by atoms with van der Waals surface area (Å²) in [6, 6.07) is 12.5. The Kier molecular flexibility index (Phi) is 4.60. The summed E-state index contributed by atoms with van der Waals surface area (Å²) in [6.07, 6.45) is 0. The van der Waals surface area contributed by atoms with E-state index in [1.165, 1.54) is 0 Å². The molecule has 0 atom stereocenters. The molecule has 21 heavy (non-hydrogen) atoms. The molecule has 0 radical (unpaired) electrons. The summed E-state index contributed by atoms with van der Waals surface area (Å²) in [7, 11) is 1.71. The number of aryl methyl sites for hydroxylation is 1. The number of hydrogen-bond acceptors (Lipinski definition) is 2. The van der Waals surface area contributed by atoms with Gasteiger partial charge in [0, 0.05) is 28.9 Å².